The summed E-state index contributed by atoms with van der Waals surface area (Å²) in [6, 6.07) is 14.9. The number of ketones is 1. The van der Waals surface area contributed by atoms with Crippen molar-refractivity contribution < 1.29 is 18.7 Å². The lowest BCUT2D eigenvalue weighted by atomic mass is 9.97. The number of nitrogens with zero attached hydrogens (tertiary/aromatic N) is 1. The van der Waals surface area contributed by atoms with Gasteiger partial charge in [-0.05, 0) is 38.5 Å². The standard InChI is InChI=1S/C25H23NO4/c1-5-29-25-20(24(27)17-9-7-6-8-10-17)12-18-11-19(22(28-4)13-21(18)26-25)23-15(2)14-30-16(23)3/h6-14H,5H2,1-4H3. The molecule has 0 aliphatic rings. The topological polar surface area (TPSA) is 61.6 Å². The van der Waals surface area contributed by atoms with Crippen LogP contribution in [0.15, 0.2) is 59.2 Å². The van der Waals surface area contributed by atoms with E-state index in [2.05, 4.69) is 4.98 Å². The Kier molecular flexibility index (Phi) is 5.27. The van der Waals surface area contributed by atoms with Gasteiger partial charge in [0.05, 0.1) is 31.1 Å². The van der Waals surface area contributed by atoms with Gasteiger partial charge in [0.2, 0.25) is 5.88 Å². The second-order valence-electron chi connectivity index (χ2n) is 7.06. The minimum Gasteiger partial charge on any atom is -0.496 e. The summed E-state index contributed by atoms with van der Waals surface area (Å²) in [5.41, 5.74) is 4.63. The van der Waals surface area contributed by atoms with E-state index in [1.807, 2.05) is 57.2 Å². The fraction of sp³-hybridized carbons (Fsp3) is 0.200. The quantitative estimate of drug-likeness (QED) is 0.385. The molecular formula is C25H23NO4. The monoisotopic (exact) mass is 401 g/mol. The summed E-state index contributed by atoms with van der Waals surface area (Å²) < 4.78 is 16.9. The molecule has 30 heavy (non-hydrogen) atoms. The predicted molar refractivity (Wildman–Crippen MR) is 117 cm³/mol. The molecule has 152 valence electrons. The van der Waals surface area contributed by atoms with Gasteiger partial charge < -0.3 is 13.9 Å². The van der Waals surface area contributed by atoms with Crippen LogP contribution in [0.4, 0.5) is 0 Å². The molecule has 0 amide bonds. The Morgan fingerprint density at radius 1 is 1.10 bits per heavy atom. The zero-order valence-electron chi connectivity index (χ0n) is 17.5. The van der Waals surface area contributed by atoms with Crippen molar-refractivity contribution in [2.45, 2.75) is 20.8 Å². The van der Waals surface area contributed by atoms with E-state index in [9.17, 15) is 4.79 Å². The molecule has 0 aliphatic heterocycles. The minimum atomic E-state index is -0.124. The van der Waals surface area contributed by atoms with Crippen LogP contribution in [0.25, 0.3) is 22.0 Å². The van der Waals surface area contributed by atoms with Crippen LogP contribution in [0.2, 0.25) is 0 Å². The summed E-state index contributed by atoms with van der Waals surface area (Å²) >= 11 is 0. The SMILES string of the molecule is CCOc1nc2cc(OC)c(-c3c(C)coc3C)cc2cc1C(=O)c1ccccc1. The zero-order chi connectivity index (χ0) is 21.3. The molecule has 2 heterocycles. The first kappa shape index (κ1) is 19.7. The van der Waals surface area contributed by atoms with Gasteiger partial charge in [-0.1, -0.05) is 30.3 Å². The van der Waals surface area contributed by atoms with Gasteiger partial charge in [-0.3, -0.25) is 4.79 Å². The van der Waals surface area contributed by atoms with Gasteiger partial charge in [0.25, 0.3) is 0 Å². The van der Waals surface area contributed by atoms with Gasteiger partial charge in [0, 0.05) is 28.1 Å². The molecule has 0 aliphatic carbocycles. The highest BCUT2D eigenvalue weighted by Crippen LogP contribution is 2.39. The maximum atomic E-state index is 13.2. The molecule has 0 bridgehead atoms. The van der Waals surface area contributed by atoms with Gasteiger partial charge in [0.1, 0.15) is 11.5 Å². The van der Waals surface area contributed by atoms with Crippen LogP contribution in [-0.2, 0) is 0 Å². The molecule has 0 fully saturated rings. The number of aryl methyl sites for hydroxylation is 2. The molecule has 0 spiro atoms. The second-order valence-corrected chi connectivity index (χ2v) is 7.06. The molecule has 4 rings (SSSR count). The maximum Gasteiger partial charge on any atom is 0.225 e. The van der Waals surface area contributed by atoms with Crippen LogP contribution in [0.3, 0.4) is 0 Å². The molecule has 2 aromatic heterocycles. The number of furan rings is 1. The van der Waals surface area contributed by atoms with Gasteiger partial charge in [-0.15, -0.1) is 0 Å². The van der Waals surface area contributed by atoms with Crippen molar-refractivity contribution in [3.63, 3.8) is 0 Å². The third kappa shape index (κ3) is 3.43. The Morgan fingerprint density at radius 2 is 1.87 bits per heavy atom. The lowest BCUT2D eigenvalue weighted by Gasteiger charge is -2.14. The molecule has 0 saturated carbocycles. The Balaban J connectivity index is 1.95. The molecule has 0 atom stereocenters. The summed E-state index contributed by atoms with van der Waals surface area (Å²) in [4.78, 5) is 17.8. The summed E-state index contributed by atoms with van der Waals surface area (Å²) in [5.74, 6) is 1.70. The number of methoxy groups -OCH3 is 1. The first-order valence-electron chi connectivity index (χ1n) is 9.83. The van der Waals surface area contributed by atoms with E-state index in [1.165, 1.54) is 0 Å². The number of fused-ring (bicyclic) bond motifs is 1. The number of hydrogen-bond donors (Lipinski definition) is 0. The number of carbonyl (C=O) groups excluding carboxylic acids is 1. The van der Waals surface area contributed by atoms with E-state index in [-0.39, 0.29) is 5.78 Å². The van der Waals surface area contributed by atoms with Crippen molar-refractivity contribution in [3.05, 3.63) is 77.2 Å². The molecule has 2 aromatic carbocycles. The number of benzene rings is 2. The average molecular weight is 401 g/mol. The number of aromatic nitrogens is 1. The number of carbonyl (C=O) groups is 1. The van der Waals surface area contributed by atoms with Crippen molar-refractivity contribution in [3.8, 4) is 22.8 Å². The predicted octanol–water partition coefficient (Wildman–Crippen LogP) is 5.75. The highest BCUT2D eigenvalue weighted by atomic mass is 16.5. The molecular weight excluding hydrogens is 378 g/mol. The molecule has 0 N–H and O–H groups in total. The highest BCUT2D eigenvalue weighted by molar-refractivity contribution is 6.12. The Labute approximate surface area is 175 Å². The summed E-state index contributed by atoms with van der Waals surface area (Å²) in [5, 5.41) is 0.827. The molecule has 5 nitrogen and oxygen atoms in total. The lowest BCUT2D eigenvalue weighted by Crippen LogP contribution is -2.07. The van der Waals surface area contributed by atoms with Crippen LogP contribution in [0.1, 0.15) is 34.2 Å². The third-order valence-electron chi connectivity index (χ3n) is 5.09. The molecule has 0 radical (unpaired) electrons. The van der Waals surface area contributed by atoms with Crippen LogP contribution in [0.5, 0.6) is 11.6 Å². The molecule has 4 aromatic rings. The third-order valence-corrected chi connectivity index (χ3v) is 5.09. The smallest absolute Gasteiger partial charge is 0.225 e. The van der Waals surface area contributed by atoms with Crippen molar-refractivity contribution in [2.24, 2.45) is 0 Å². The Morgan fingerprint density at radius 3 is 2.50 bits per heavy atom. The highest BCUT2D eigenvalue weighted by Gasteiger charge is 2.20. The van der Waals surface area contributed by atoms with E-state index in [4.69, 9.17) is 13.9 Å². The van der Waals surface area contributed by atoms with Gasteiger partial charge >= 0.3 is 0 Å². The van der Waals surface area contributed by atoms with Crippen molar-refractivity contribution in [1.29, 1.82) is 0 Å². The number of ether oxygens (including phenoxy) is 2. The first-order chi connectivity index (χ1) is 14.5. The minimum absolute atomic E-state index is 0.124. The van der Waals surface area contributed by atoms with Crippen LogP contribution >= 0.6 is 0 Å². The fourth-order valence-electron chi connectivity index (χ4n) is 3.68. The van der Waals surface area contributed by atoms with Gasteiger partial charge in [-0.25, -0.2) is 4.98 Å². The van der Waals surface area contributed by atoms with E-state index >= 15 is 0 Å². The van der Waals surface area contributed by atoms with E-state index in [1.54, 1.807) is 25.5 Å². The normalized spacial score (nSPS) is 10.9. The van der Waals surface area contributed by atoms with E-state index in [0.717, 1.165) is 27.8 Å². The summed E-state index contributed by atoms with van der Waals surface area (Å²) in [6.45, 7) is 6.20. The van der Waals surface area contributed by atoms with Gasteiger partial charge in [0.15, 0.2) is 5.78 Å². The Bertz CT molecular complexity index is 1210. The van der Waals surface area contributed by atoms with Crippen LogP contribution in [-0.4, -0.2) is 24.5 Å². The van der Waals surface area contributed by atoms with Crippen molar-refractivity contribution >= 4 is 16.7 Å². The van der Waals surface area contributed by atoms with E-state index < -0.39 is 0 Å². The number of rotatable bonds is 6. The maximum absolute atomic E-state index is 13.2. The summed E-state index contributed by atoms with van der Waals surface area (Å²) in [7, 11) is 1.63. The lowest BCUT2D eigenvalue weighted by molar-refractivity contribution is 0.103. The van der Waals surface area contributed by atoms with Crippen molar-refractivity contribution in [1.82, 2.24) is 4.98 Å². The van der Waals surface area contributed by atoms with Crippen LogP contribution < -0.4 is 9.47 Å². The van der Waals surface area contributed by atoms with Gasteiger partial charge in [-0.2, -0.15) is 0 Å². The first-order valence-corrected chi connectivity index (χ1v) is 9.83. The summed E-state index contributed by atoms with van der Waals surface area (Å²) in [6.07, 6.45) is 1.73. The molecule has 0 saturated heterocycles. The van der Waals surface area contributed by atoms with E-state index in [0.29, 0.717) is 34.9 Å². The average Bonchev–Trinajstić information content (AvgIpc) is 3.10. The van der Waals surface area contributed by atoms with Crippen molar-refractivity contribution in [2.75, 3.05) is 13.7 Å². The molecule has 0 unspecified atom stereocenters. The fourth-order valence-corrected chi connectivity index (χ4v) is 3.68. The largest absolute Gasteiger partial charge is 0.496 e. The number of pyridine rings is 1. The van der Waals surface area contributed by atoms with Crippen LogP contribution in [0, 0.1) is 13.8 Å². The second kappa shape index (κ2) is 8.03. The Hall–Kier alpha value is -3.60. The molecule has 5 heteroatoms. The zero-order valence-corrected chi connectivity index (χ0v) is 17.5. The number of hydrogen-bond acceptors (Lipinski definition) is 5.